The summed E-state index contributed by atoms with van der Waals surface area (Å²) in [5.74, 6) is 2.19. The molecule has 1 heterocycles. The lowest BCUT2D eigenvalue weighted by atomic mass is 10.1. The van der Waals surface area contributed by atoms with Gasteiger partial charge in [-0.15, -0.1) is 0 Å². The molecule has 0 bridgehead atoms. The van der Waals surface area contributed by atoms with Crippen LogP contribution in [0.1, 0.15) is 53.9 Å². The fourth-order valence-electron chi connectivity index (χ4n) is 3.64. The average Bonchev–Trinajstić information content (AvgIpc) is 3.50. The second-order valence-electron chi connectivity index (χ2n) is 8.27. The summed E-state index contributed by atoms with van der Waals surface area (Å²) in [5, 5.41) is 11.0. The standard InChI is InChI=1S/C21H26N4O/c26-21(24-18-11-23-25(13-18)12-15-6-7-15)17-3-1-2-16(8-17)19-9-20(19)22-10-14-4-5-14/h1-3,8,11,13-15,19-20,22H,4-7,9-10,12H2,(H,24,26). The Hall–Kier alpha value is -2.14. The Kier molecular flexibility index (Phi) is 4.04. The summed E-state index contributed by atoms with van der Waals surface area (Å²) < 4.78 is 1.93. The van der Waals surface area contributed by atoms with Gasteiger partial charge < -0.3 is 10.6 Å². The summed E-state index contributed by atoms with van der Waals surface area (Å²) in [7, 11) is 0. The second-order valence-corrected chi connectivity index (χ2v) is 8.27. The number of nitrogens with one attached hydrogen (secondary N) is 2. The zero-order chi connectivity index (χ0) is 17.5. The zero-order valence-corrected chi connectivity index (χ0v) is 15.0. The molecule has 0 saturated heterocycles. The lowest BCUT2D eigenvalue weighted by molar-refractivity contribution is 0.102. The highest BCUT2D eigenvalue weighted by Gasteiger charge is 2.39. The van der Waals surface area contributed by atoms with Gasteiger partial charge in [-0.05, 0) is 68.2 Å². The monoisotopic (exact) mass is 350 g/mol. The van der Waals surface area contributed by atoms with Crippen molar-refractivity contribution in [2.75, 3.05) is 11.9 Å². The van der Waals surface area contributed by atoms with Crippen molar-refractivity contribution in [1.29, 1.82) is 0 Å². The first-order chi connectivity index (χ1) is 12.7. The number of rotatable bonds is 8. The number of hydrogen-bond donors (Lipinski definition) is 2. The number of carbonyl (C=O) groups is 1. The molecule has 3 aliphatic carbocycles. The Morgan fingerprint density at radius 2 is 2.04 bits per heavy atom. The zero-order valence-electron chi connectivity index (χ0n) is 15.0. The van der Waals surface area contributed by atoms with Crippen LogP contribution < -0.4 is 10.6 Å². The van der Waals surface area contributed by atoms with Crippen LogP contribution in [0.15, 0.2) is 36.7 Å². The van der Waals surface area contributed by atoms with Gasteiger partial charge in [0.2, 0.25) is 0 Å². The first kappa shape index (κ1) is 16.1. The Balaban J connectivity index is 1.19. The van der Waals surface area contributed by atoms with Gasteiger partial charge >= 0.3 is 0 Å². The van der Waals surface area contributed by atoms with E-state index in [1.165, 1.54) is 37.7 Å². The predicted molar refractivity (Wildman–Crippen MR) is 101 cm³/mol. The van der Waals surface area contributed by atoms with Gasteiger partial charge in [0.25, 0.3) is 5.91 Å². The summed E-state index contributed by atoms with van der Waals surface area (Å²) in [5.41, 5.74) is 2.78. The fourth-order valence-corrected chi connectivity index (χ4v) is 3.64. The topological polar surface area (TPSA) is 59.0 Å². The number of benzene rings is 1. The highest BCUT2D eigenvalue weighted by molar-refractivity contribution is 6.04. The van der Waals surface area contributed by atoms with Crippen molar-refractivity contribution in [1.82, 2.24) is 15.1 Å². The largest absolute Gasteiger partial charge is 0.319 e. The van der Waals surface area contributed by atoms with Gasteiger partial charge in [-0.1, -0.05) is 12.1 Å². The average molecular weight is 350 g/mol. The summed E-state index contributed by atoms with van der Waals surface area (Å²) >= 11 is 0. The Labute approximate surface area is 154 Å². The van der Waals surface area contributed by atoms with Crippen LogP contribution in [0, 0.1) is 11.8 Å². The maximum absolute atomic E-state index is 12.6. The molecule has 1 aromatic heterocycles. The molecule has 5 rings (SSSR count). The third-order valence-electron chi connectivity index (χ3n) is 5.77. The van der Waals surface area contributed by atoms with E-state index in [9.17, 15) is 4.79 Å². The summed E-state index contributed by atoms with van der Waals surface area (Å²) in [6.07, 6.45) is 10.2. The van der Waals surface area contributed by atoms with Crippen LogP contribution in [0.25, 0.3) is 0 Å². The summed E-state index contributed by atoms with van der Waals surface area (Å²) in [6, 6.07) is 8.68. The highest BCUT2D eigenvalue weighted by Crippen LogP contribution is 2.41. The summed E-state index contributed by atoms with van der Waals surface area (Å²) in [4.78, 5) is 12.6. The quantitative estimate of drug-likeness (QED) is 0.767. The van der Waals surface area contributed by atoms with E-state index in [-0.39, 0.29) is 5.91 Å². The number of anilines is 1. The van der Waals surface area contributed by atoms with Gasteiger partial charge in [-0.3, -0.25) is 9.48 Å². The van der Waals surface area contributed by atoms with Crippen molar-refractivity contribution in [3.8, 4) is 0 Å². The van der Waals surface area contributed by atoms with E-state index in [4.69, 9.17) is 0 Å². The second kappa shape index (κ2) is 6.54. The number of hydrogen-bond acceptors (Lipinski definition) is 3. The molecule has 2 N–H and O–H groups in total. The molecule has 26 heavy (non-hydrogen) atoms. The number of aromatic nitrogens is 2. The maximum atomic E-state index is 12.6. The molecule has 0 spiro atoms. The molecule has 0 aliphatic heterocycles. The molecule has 3 saturated carbocycles. The molecule has 0 radical (unpaired) electrons. The Bertz CT molecular complexity index is 806. The molecule has 3 fully saturated rings. The van der Waals surface area contributed by atoms with Gasteiger partial charge in [-0.2, -0.15) is 5.10 Å². The van der Waals surface area contributed by atoms with E-state index in [0.29, 0.717) is 12.0 Å². The minimum atomic E-state index is -0.0547. The molecule has 1 aromatic carbocycles. The van der Waals surface area contributed by atoms with Crippen molar-refractivity contribution < 1.29 is 4.79 Å². The van der Waals surface area contributed by atoms with Crippen LogP contribution in [0.3, 0.4) is 0 Å². The van der Waals surface area contributed by atoms with Crippen LogP contribution in [0.2, 0.25) is 0 Å². The van der Waals surface area contributed by atoms with Crippen molar-refractivity contribution in [3.63, 3.8) is 0 Å². The Morgan fingerprint density at radius 3 is 2.85 bits per heavy atom. The third-order valence-corrected chi connectivity index (χ3v) is 5.77. The number of amides is 1. The van der Waals surface area contributed by atoms with Crippen LogP contribution >= 0.6 is 0 Å². The minimum absolute atomic E-state index is 0.0547. The number of carbonyl (C=O) groups excluding carboxylic acids is 1. The van der Waals surface area contributed by atoms with Crippen LogP contribution in [0.5, 0.6) is 0 Å². The molecule has 5 nitrogen and oxygen atoms in total. The smallest absolute Gasteiger partial charge is 0.255 e. The number of nitrogens with zero attached hydrogens (tertiary/aromatic N) is 2. The lowest BCUT2D eigenvalue weighted by Crippen LogP contribution is -2.20. The van der Waals surface area contributed by atoms with Crippen molar-refractivity contribution in [3.05, 3.63) is 47.8 Å². The molecule has 2 aromatic rings. The van der Waals surface area contributed by atoms with E-state index >= 15 is 0 Å². The van der Waals surface area contributed by atoms with E-state index < -0.39 is 0 Å². The third kappa shape index (κ3) is 3.83. The summed E-state index contributed by atoms with van der Waals surface area (Å²) in [6.45, 7) is 2.12. The highest BCUT2D eigenvalue weighted by atomic mass is 16.1. The van der Waals surface area contributed by atoms with Gasteiger partial charge in [0.1, 0.15) is 0 Å². The van der Waals surface area contributed by atoms with E-state index in [2.05, 4.69) is 21.8 Å². The fraction of sp³-hybridized carbons (Fsp3) is 0.524. The van der Waals surface area contributed by atoms with Crippen LogP contribution in [-0.2, 0) is 6.54 Å². The molecular formula is C21H26N4O. The predicted octanol–water partition coefficient (Wildman–Crippen LogP) is 3.40. The van der Waals surface area contributed by atoms with Crippen molar-refractivity contribution >= 4 is 11.6 Å². The molecule has 1 amide bonds. The normalized spacial score (nSPS) is 24.5. The van der Waals surface area contributed by atoms with Crippen molar-refractivity contribution in [2.24, 2.45) is 11.8 Å². The van der Waals surface area contributed by atoms with Gasteiger partial charge in [-0.25, -0.2) is 0 Å². The first-order valence-corrected chi connectivity index (χ1v) is 9.92. The minimum Gasteiger partial charge on any atom is -0.319 e. The van der Waals surface area contributed by atoms with Crippen LogP contribution in [0.4, 0.5) is 5.69 Å². The van der Waals surface area contributed by atoms with E-state index in [1.807, 2.05) is 29.1 Å². The van der Waals surface area contributed by atoms with Gasteiger partial charge in [0.05, 0.1) is 11.9 Å². The molecule has 136 valence electrons. The lowest BCUT2D eigenvalue weighted by Gasteiger charge is -2.06. The molecule has 5 heteroatoms. The molecule has 2 atom stereocenters. The van der Waals surface area contributed by atoms with Gasteiger partial charge in [0.15, 0.2) is 0 Å². The van der Waals surface area contributed by atoms with E-state index in [1.54, 1.807) is 6.20 Å². The van der Waals surface area contributed by atoms with Gasteiger partial charge in [0, 0.05) is 30.3 Å². The molecule has 3 aliphatic rings. The van der Waals surface area contributed by atoms with Crippen LogP contribution in [-0.4, -0.2) is 28.3 Å². The van der Waals surface area contributed by atoms with E-state index in [0.717, 1.165) is 36.2 Å². The first-order valence-electron chi connectivity index (χ1n) is 9.92. The molecular weight excluding hydrogens is 324 g/mol. The Morgan fingerprint density at radius 1 is 1.19 bits per heavy atom. The molecule has 2 unspecified atom stereocenters. The van der Waals surface area contributed by atoms with Crippen molar-refractivity contribution in [2.45, 2.75) is 50.6 Å². The maximum Gasteiger partial charge on any atom is 0.255 e. The SMILES string of the molecule is O=C(Nc1cnn(CC2CC2)c1)c1cccc(C2CC2NCC2CC2)c1.